The molecule has 2 N–H and O–H groups in total. The number of aromatic nitrogens is 2. The van der Waals surface area contributed by atoms with Crippen LogP contribution in [0, 0.1) is 0 Å². The van der Waals surface area contributed by atoms with Crippen molar-refractivity contribution in [2.24, 2.45) is 0 Å². The van der Waals surface area contributed by atoms with Crippen molar-refractivity contribution in [1.82, 2.24) is 4.98 Å². The van der Waals surface area contributed by atoms with E-state index in [1.165, 1.54) is 0 Å². The van der Waals surface area contributed by atoms with Crippen LogP contribution in [0.5, 0.6) is 0 Å². The van der Waals surface area contributed by atoms with Crippen molar-refractivity contribution >= 4 is 0 Å². The smallest absolute Gasteiger partial charge is 0.239 e. The van der Waals surface area contributed by atoms with Crippen LogP contribution in [0.15, 0.2) is 18.7 Å². The molecule has 0 fully saturated rings. The summed E-state index contributed by atoms with van der Waals surface area (Å²) in [5.41, 5.74) is 0. The maximum Gasteiger partial charge on any atom is 0.239 e. The summed E-state index contributed by atoms with van der Waals surface area (Å²) < 4.78 is 25.7. The Balaban J connectivity index is 0.000000148. The second kappa shape index (κ2) is 5.49. The third-order valence-corrected chi connectivity index (χ3v) is 0.442. The Bertz CT molecular complexity index is 168. The van der Waals surface area contributed by atoms with Gasteiger partial charge in [0.25, 0.3) is 0 Å². The summed E-state index contributed by atoms with van der Waals surface area (Å²) in [6.07, 6.45) is 5.39. The van der Waals surface area contributed by atoms with Crippen molar-refractivity contribution in [2.75, 3.05) is 0 Å². The van der Waals surface area contributed by atoms with Gasteiger partial charge in [0, 0.05) is 0 Å². The van der Waals surface area contributed by atoms with E-state index < -0.39 is 15.4 Å². The van der Waals surface area contributed by atoms with E-state index in [2.05, 4.69) is 9.97 Å². The van der Waals surface area contributed by atoms with Gasteiger partial charge >= 0.3 is 26.8 Å². The summed E-state index contributed by atoms with van der Waals surface area (Å²) in [6.45, 7) is 0. The van der Waals surface area contributed by atoms with E-state index in [-0.39, 0.29) is 0 Å². The normalized spacial score (nSPS) is 7.22. The maximum atomic E-state index is 8.56. The molecule has 0 saturated carbocycles. The zero-order valence-corrected chi connectivity index (χ0v) is 5.80. The Morgan fingerprint density at radius 3 is 2.22 bits per heavy atom. The fraction of sp³-hybridized carbons (Fsp3) is 0. The molecule has 1 aromatic heterocycles. The molecular formula is C3H5N2O3V. The molecule has 50 valence electrons. The third-order valence-electron chi connectivity index (χ3n) is 0.442. The molecule has 9 heavy (non-hydrogen) atoms. The van der Waals surface area contributed by atoms with Crippen molar-refractivity contribution in [3.63, 3.8) is 0 Å². The van der Waals surface area contributed by atoms with E-state index in [1.54, 1.807) is 6.33 Å². The average molecular weight is 168 g/mol. The Morgan fingerprint density at radius 1 is 1.56 bits per heavy atom. The molecule has 0 aliphatic carbocycles. The molecule has 0 aliphatic heterocycles. The second-order valence-electron chi connectivity index (χ2n) is 1.03. The number of rotatable bonds is 0. The van der Waals surface area contributed by atoms with E-state index in [0.29, 0.717) is 0 Å². The van der Waals surface area contributed by atoms with Crippen LogP contribution in [-0.4, -0.2) is 4.98 Å². The first kappa shape index (κ1) is 8.35. The van der Waals surface area contributed by atoms with Crippen LogP contribution in [0.3, 0.4) is 0 Å². The number of hydrogen-bond acceptors (Lipinski definition) is 3. The number of imidazole rings is 1. The van der Waals surface area contributed by atoms with Crippen LogP contribution in [0.4, 0.5) is 0 Å². The van der Waals surface area contributed by atoms with Gasteiger partial charge in [-0.2, -0.15) is 0 Å². The summed E-state index contributed by atoms with van der Waals surface area (Å²) >= 11 is -3.94. The van der Waals surface area contributed by atoms with Gasteiger partial charge in [-0.05, 0) is 0 Å². The van der Waals surface area contributed by atoms with Gasteiger partial charge in [-0.15, -0.1) is 0 Å². The molecule has 1 heterocycles. The Morgan fingerprint density at radius 2 is 2.11 bits per heavy atom. The third kappa shape index (κ3) is 11.1. The van der Waals surface area contributed by atoms with Crippen LogP contribution in [0.1, 0.15) is 0 Å². The standard InChI is InChI=1S/C3H4N2.3O.V/c1-2-5-3-4-1;;;;/h1-3H,(H,4,5);;;;/q;;;-1;/p+1. The van der Waals surface area contributed by atoms with Crippen LogP contribution in [0.25, 0.3) is 0 Å². The van der Waals surface area contributed by atoms with Gasteiger partial charge in [-0.3, -0.25) is 9.97 Å². The monoisotopic (exact) mass is 168 g/mol. The van der Waals surface area contributed by atoms with E-state index in [4.69, 9.17) is 11.4 Å². The quantitative estimate of drug-likeness (QED) is 0.506. The first-order chi connectivity index (χ1) is 4.23. The molecule has 0 aromatic carbocycles. The molecule has 5 nitrogen and oxygen atoms in total. The summed E-state index contributed by atoms with van der Waals surface area (Å²) in [7, 11) is 0. The molecular weight excluding hydrogens is 163 g/mol. The van der Waals surface area contributed by atoms with E-state index in [0.717, 1.165) is 0 Å². The maximum absolute atomic E-state index is 8.56. The van der Waals surface area contributed by atoms with Gasteiger partial charge in [-0.1, -0.05) is 0 Å². The fourth-order valence-electron chi connectivity index (χ4n) is 0.241. The first-order valence-corrected chi connectivity index (χ1v) is 3.75. The van der Waals surface area contributed by atoms with E-state index >= 15 is 0 Å². The topological polar surface area (TPSA) is 87.1 Å². The molecule has 1 rings (SSSR count). The Labute approximate surface area is 56.1 Å². The van der Waals surface area contributed by atoms with Gasteiger partial charge in [0.1, 0.15) is 12.4 Å². The molecule has 1 aromatic rings. The molecule has 0 spiro atoms. The number of aromatic amines is 2. The van der Waals surface area contributed by atoms with Crippen molar-refractivity contribution < 1.29 is 31.8 Å². The number of H-pyrrole nitrogens is 2. The van der Waals surface area contributed by atoms with Crippen LogP contribution in [-0.2, 0) is 22.7 Å². The minimum Gasteiger partial charge on any atom is -0.250 e. The average Bonchev–Trinajstić information content (AvgIpc) is 2.11. The van der Waals surface area contributed by atoms with Gasteiger partial charge in [-0.25, -0.2) is 0 Å². The van der Waals surface area contributed by atoms with Crippen molar-refractivity contribution in [2.45, 2.75) is 0 Å². The summed E-state index contributed by atoms with van der Waals surface area (Å²) in [5.74, 6) is 0. The molecule has 0 atom stereocenters. The van der Waals surface area contributed by atoms with Crippen LogP contribution in [0.2, 0.25) is 0 Å². The Kier molecular flexibility index (Phi) is 5.10. The van der Waals surface area contributed by atoms with Gasteiger partial charge in [0.05, 0.1) is 0 Å². The zero-order chi connectivity index (χ0) is 7.11. The predicted molar refractivity (Wildman–Crippen MR) is 18.7 cm³/mol. The van der Waals surface area contributed by atoms with Crippen LogP contribution >= 0.6 is 0 Å². The van der Waals surface area contributed by atoms with Gasteiger partial charge in [0.2, 0.25) is 6.33 Å². The van der Waals surface area contributed by atoms with Crippen LogP contribution < -0.4 is 9.02 Å². The predicted octanol–water partition coefficient (Wildman–Crippen LogP) is -1.60. The largest absolute Gasteiger partial charge is 0.250 e. The molecule has 6 heteroatoms. The summed E-state index contributed by atoms with van der Waals surface area (Å²) in [6, 6.07) is 0. The zero-order valence-electron chi connectivity index (χ0n) is 4.40. The van der Waals surface area contributed by atoms with Crippen molar-refractivity contribution in [3.8, 4) is 0 Å². The second-order valence-corrected chi connectivity index (χ2v) is 1.73. The summed E-state index contributed by atoms with van der Waals surface area (Å²) in [4.78, 5) is 5.61. The number of nitrogens with one attached hydrogen (secondary N) is 2. The molecule has 0 bridgehead atoms. The minimum absolute atomic E-state index is 1.75. The van der Waals surface area contributed by atoms with Gasteiger partial charge < -0.3 is 0 Å². The molecule has 0 amide bonds. The molecule has 0 saturated heterocycles. The van der Waals surface area contributed by atoms with Crippen molar-refractivity contribution in [3.05, 3.63) is 18.7 Å². The molecule has 0 radical (unpaired) electrons. The van der Waals surface area contributed by atoms with E-state index in [1.807, 2.05) is 12.4 Å². The fourth-order valence-corrected chi connectivity index (χ4v) is 0.241. The minimum atomic E-state index is -3.94. The molecule has 0 aliphatic rings. The first-order valence-electron chi connectivity index (χ1n) is 2.04. The molecule has 0 unspecified atom stereocenters. The van der Waals surface area contributed by atoms with Crippen molar-refractivity contribution in [1.29, 1.82) is 0 Å². The SMILES string of the molecule is [O]=[V](=[O])[O-].c1c[nH+]c[nH]1. The van der Waals surface area contributed by atoms with Gasteiger partial charge in [0.15, 0.2) is 0 Å². The number of hydrogen-bond donors (Lipinski definition) is 1. The Hall–Kier alpha value is -0.646. The van der Waals surface area contributed by atoms with E-state index in [9.17, 15) is 0 Å². The summed E-state index contributed by atoms with van der Waals surface area (Å²) in [5, 5.41) is 0.